The van der Waals surface area contributed by atoms with Crippen molar-refractivity contribution >= 4 is 41.5 Å². The summed E-state index contributed by atoms with van der Waals surface area (Å²) in [5.41, 5.74) is 21.1. The molecule has 0 aliphatic rings. The highest BCUT2D eigenvalue weighted by Crippen LogP contribution is 2.06. The normalized spacial score (nSPS) is 13.9. The van der Waals surface area contributed by atoms with Crippen LogP contribution in [-0.2, 0) is 33.6 Å². The first-order valence-corrected chi connectivity index (χ1v) is 11.2. The topological polar surface area (TPSA) is 300 Å². The molecule has 0 radical (unpaired) electrons. The Labute approximate surface area is 206 Å². The Morgan fingerprint density at radius 1 is 0.667 bits per heavy atom. The van der Waals surface area contributed by atoms with Gasteiger partial charge in [-0.1, -0.05) is 0 Å². The number of carboxylic acid groups (broad SMARTS) is 2. The van der Waals surface area contributed by atoms with E-state index in [-0.39, 0.29) is 38.6 Å². The van der Waals surface area contributed by atoms with Crippen molar-refractivity contribution in [2.24, 2.45) is 22.9 Å². The average molecular weight is 518 g/mol. The molecule has 0 saturated carbocycles. The molecule has 0 bridgehead atoms. The van der Waals surface area contributed by atoms with Gasteiger partial charge in [-0.05, 0) is 38.6 Å². The smallest absolute Gasteiger partial charge is 0.326 e. The number of unbranched alkanes of at least 4 members (excludes halogenated alkanes) is 1. The summed E-state index contributed by atoms with van der Waals surface area (Å²) in [6.07, 6.45) is -0.986. The third kappa shape index (κ3) is 13.8. The number of rotatable bonds is 19. The summed E-state index contributed by atoms with van der Waals surface area (Å²) in [6.45, 7) is 0.277. The maximum Gasteiger partial charge on any atom is 0.326 e. The molecule has 5 amide bonds. The number of nitrogens with one attached hydrogen (secondary N) is 3. The zero-order valence-corrected chi connectivity index (χ0v) is 19.7. The van der Waals surface area contributed by atoms with E-state index in [0.29, 0.717) is 12.8 Å². The highest BCUT2D eigenvalue weighted by Gasteiger charge is 2.31. The van der Waals surface area contributed by atoms with Gasteiger partial charge in [-0.25, -0.2) is 4.79 Å². The van der Waals surface area contributed by atoms with E-state index in [0.717, 1.165) is 0 Å². The number of aliphatic carboxylic acids is 2. The molecule has 0 aromatic rings. The SMILES string of the molecule is NCCCCC(NC(=O)C(CC(=O)O)NC(=O)C(N)CCC(N)=O)C(=O)NC(CCC(N)=O)C(=O)O. The molecule has 16 heteroatoms. The molecule has 4 atom stereocenters. The molecule has 36 heavy (non-hydrogen) atoms. The third-order valence-electron chi connectivity index (χ3n) is 4.92. The third-order valence-corrected chi connectivity index (χ3v) is 4.92. The Bertz CT molecular complexity index is 821. The Hall–Kier alpha value is -3.79. The van der Waals surface area contributed by atoms with Crippen LogP contribution in [0, 0.1) is 0 Å². The number of hydrogen-bond donors (Lipinski definition) is 9. The van der Waals surface area contributed by atoms with Crippen molar-refractivity contribution in [1.82, 2.24) is 16.0 Å². The lowest BCUT2D eigenvalue weighted by Crippen LogP contribution is -2.57. The van der Waals surface area contributed by atoms with Crippen LogP contribution in [-0.4, -0.2) is 82.4 Å². The molecular formula is C20H35N7O9. The number of carbonyl (C=O) groups excluding carboxylic acids is 5. The summed E-state index contributed by atoms with van der Waals surface area (Å²) >= 11 is 0. The Kier molecular flexibility index (Phi) is 15.0. The van der Waals surface area contributed by atoms with E-state index in [1.54, 1.807) is 0 Å². The van der Waals surface area contributed by atoms with E-state index in [2.05, 4.69) is 16.0 Å². The molecule has 13 N–H and O–H groups in total. The highest BCUT2D eigenvalue weighted by molar-refractivity contribution is 5.95. The number of nitrogens with two attached hydrogens (primary N) is 4. The molecule has 4 unspecified atom stereocenters. The summed E-state index contributed by atoms with van der Waals surface area (Å²) in [5, 5.41) is 25.1. The summed E-state index contributed by atoms with van der Waals surface area (Å²) in [6, 6.07) is -5.68. The number of carboxylic acids is 2. The van der Waals surface area contributed by atoms with E-state index in [4.69, 9.17) is 28.0 Å². The van der Waals surface area contributed by atoms with Crippen LogP contribution >= 0.6 is 0 Å². The molecule has 0 fully saturated rings. The second kappa shape index (κ2) is 16.8. The molecule has 0 rings (SSSR count). The fourth-order valence-corrected chi connectivity index (χ4v) is 2.94. The van der Waals surface area contributed by atoms with Gasteiger partial charge in [0.05, 0.1) is 12.5 Å². The first kappa shape index (κ1) is 32.2. The predicted octanol–water partition coefficient (Wildman–Crippen LogP) is -4.01. The van der Waals surface area contributed by atoms with Gasteiger partial charge in [0.15, 0.2) is 0 Å². The summed E-state index contributed by atoms with van der Waals surface area (Å²) < 4.78 is 0. The van der Waals surface area contributed by atoms with Crippen LogP contribution in [0.4, 0.5) is 0 Å². The van der Waals surface area contributed by atoms with Gasteiger partial charge in [-0.3, -0.25) is 28.8 Å². The minimum Gasteiger partial charge on any atom is -0.481 e. The van der Waals surface area contributed by atoms with Crippen LogP contribution in [0.2, 0.25) is 0 Å². The minimum absolute atomic E-state index is 0.0167. The molecule has 0 aliphatic heterocycles. The molecule has 0 aromatic carbocycles. The van der Waals surface area contributed by atoms with Crippen molar-refractivity contribution in [3.8, 4) is 0 Å². The van der Waals surface area contributed by atoms with E-state index >= 15 is 0 Å². The molecule has 204 valence electrons. The van der Waals surface area contributed by atoms with Gasteiger partial charge in [0.2, 0.25) is 29.5 Å². The summed E-state index contributed by atoms with van der Waals surface area (Å²) in [4.78, 5) is 82.3. The van der Waals surface area contributed by atoms with Crippen LogP contribution in [0.25, 0.3) is 0 Å². The van der Waals surface area contributed by atoms with Gasteiger partial charge in [0, 0.05) is 12.8 Å². The molecular weight excluding hydrogens is 482 g/mol. The fraction of sp³-hybridized carbons (Fsp3) is 0.650. The number of carbonyl (C=O) groups is 7. The Morgan fingerprint density at radius 3 is 1.67 bits per heavy atom. The van der Waals surface area contributed by atoms with Crippen molar-refractivity contribution in [3.63, 3.8) is 0 Å². The summed E-state index contributed by atoms with van der Waals surface area (Å²) in [5.74, 6) is -7.22. The van der Waals surface area contributed by atoms with Gasteiger partial charge >= 0.3 is 11.9 Å². The van der Waals surface area contributed by atoms with Crippen molar-refractivity contribution in [1.29, 1.82) is 0 Å². The minimum atomic E-state index is -1.63. The second-order valence-electron chi connectivity index (χ2n) is 8.02. The van der Waals surface area contributed by atoms with Crippen molar-refractivity contribution < 1.29 is 43.8 Å². The number of hydrogen-bond acceptors (Lipinski definition) is 9. The maximum atomic E-state index is 12.8. The fourth-order valence-electron chi connectivity index (χ4n) is 2.94. The van der Waals surface area contributed by atoms with Crippen LogP contribution in [0.3, 0.4) is 0 Å². The molecule has 0 aromatic heterocycles. The average Bonchev–Trinajstić information content (AvgIpc) is 2.77. The lowest BCUT2D eigenvalue weighted by molar-refractivity contribution is -0.143. The first-order valence-electron chi connectivity index (χ1n) is 11.2. The Balaban J connectivity index is 5.53. The van der Waals surface area contributed by atoms with Gasteiger partial charge in [-0.2, -0.15) is 0 Å². The second-order valence-corrected chi connectivity index (χ2v) is 8.02. The largest absolute Gasteiger partial charge is 0.481 e. The predicted molar refractivity (Wildman–Crippen MR) is 123 cm³/mol. The van der Waals surface area contributed by atoms with Gasteiger partial charge in [0.25, 0.3) is 0 Å². The number of primary amides is 2. The van der Waals surface area contributed by atoms with Crippen LogP contribution in [0.1, 0.15) is 51.4 Å². The quantitative estimate of drug-likeness (QED) is 0.0743. The number of amides is 5. The zero-order chi connectivity index (χ0) is 27.8. The molecule has 0 saturated heterocycles. The molecule has 0 spiro atoms. The van der Waals surface area contributed by atoms with Crippen LogP contribution in [0.5, 0.6) is 0 Å². The van der Waals surface area contributed by atoms with Crippen molar-refractivity contribution in [2.45, 2.75) is 75.5 Å². The van der Waals surface area contributed by atoms with Crippen molar-refractivity contribution in [2.75, 3.05) is 6.54 Å². The maximum absolute atomic E-state index is 12.8. The first-order chi connectivity index (χ1) is 16.8. The summed E-state index contributed by atoms with van der Waals surface area (Å²) in [7, 11) is 0. The van der Waals surface area contributed by atoms with Gasteiger partial charge in [0.1, 0.15) is 18.1 Å². The molecule has 0 heterocycles. The molecule has 16 nitrogen and oxygen atoms in total. The van der Waals surface area contributed by atoms with Crippen LogP contribution in [0.15, 0.2) is 0 Å². The van der Waals surface area contributed by atoms with E-state index < -0.39 is 72.1 Å². The van der Waals surface area contributed by atoms with E-state index in [1.807, 2.05) is 0 Å². The Morgan fingerprint density at radius 2 is 1.17 bits per heavy atom. The molecule has 0 aliphatic carbocycles. The van der Waals surface area contributed by atoms with Crippen LogP contribution < -0.4 is 38.9 Å². The van der Waals surface area contributed by atoms with Gasteiger partial charge < -0.3 is 49.1 Å². The van der Waals surface area contributed by atoms with Gasteiger partial charge in [-0.15, -0.1) is 0 Å². The van der Waals surface area contributed by atoms with E-state index in [9.17, 15) is 38.7 Å². The standard InChI is InChI=1S/C20H35N7O9/c21-8-2-1-3-11(18(33)26-12(20(35)36)5-7-15(24)29)25-19(34)13(9-16(30)31)27-17(32)10(22)4-6-14(23)28/h10-13H,1-9,21-22H2,(H2,23,28)(H2,24,29)(H,25,34)(H,26,33)(H,27,32)(H,30,31)(H,35,36). The van der Waals surface area contributed by atoms with E-state index in [1.165, 1.54) is 0 Å². The highest BCUT2D eigenvalue weighted by atomic mass is 16.4. The zero-order valence-electron chi connectivity index (χ0n) is 19.7. The van der Waals surface area contributed by atoms with Crippen molar-refractivity contribution in [3.05, 3.63) is 0 Å². The lowest BCUT2D eigenvalue weighted by atomic mass is 10.0. The lowest BCUT2D eigenvalue weighted by Gasteiger charge is -2.24. The monoisotopic (exact) mass is 517 g/mol.